The molecule has 0 radical (unpaired) electrons. The molecule has 0 heterocycles. The van der Waals surface area contributed by atoms with Gasteiger partial charge in [-0.25, -0.2) is 0 Å². The predicted octanol–water partition coefficient (Wildman–Crippen LogP) is 2.23. The average molecular weight is 265 g/mol. The van der Waals surface area contributed by atoms with Gasteiger partial charge in [0.15, 0.2) is 5.11 Å². The zero-order chi connectivity index (χ0) is 13.5. The summed E-state index contributed by atoms with van der Waals surface area (Å²) in [7, 11) is 0. The number of ether oxygens (including phenoxy) is 1. The first-order valence-electron chi connectivity index (χ1n) is 5.88. The zero-order valence-electron chi connectivity index (χ0n) is 10.9. The molecule has 0 aromatic heterocycles. The van der Waals surface area contributed by atoms with Gasteiger partial charge in [0, 0.05) is 0 Å². The summed E-state index contributed by atoms with van der Waals surface area (Å²) in [6.07, 6.45) is 0.882. The highest BCUT2D eigenvalue weighted by atomic mass is 32.1. The molecule has 98 valence electrons. The van der Waals surface area contributed by atoms with Crippen LogP contribution in [0.15, 0.2) is 29.4 Å². The Labute approximate surface area is 113 Å². The molecule has 1 unspecified atom stereocenters. The van der Waals surface area contributed by atoms with Crippen LogP contribution in [-0.2, 0) is 6.42 Å². The molecule has 0 saturated carbocycles. The molecule has 0 saturated heterocycles. The first-order valence-corrected chi connectivity index (χ1v) is 6.29. The van der Waals surface area contributed by atoms with E-state index in [1.807, 2.05) is 26.0 Å². The SMILES string of the molecule is CCc1ccc(OC(C)/C(C)=N/NC(N)=S)cc1. The molecule has 18 heavy (non-hydrogen) atoms. The molecule has 0 bridgehead atoms. The molecule has 1 atom stereocenters. The van der Waals surface area contributed by atoms with E-state index < -0.39 is 0 Å². The minimum Gasteiger partial charge on any atom is -0.485 e. The molecule has 3 N–H and O–H groups in total. The fourth-order valence-electron chi connectivity index (χ4n) is 1.33. The van der Waals surface area contributed by atoms with E-state index in [0.29, 0.717) is 0 Å². The minimum absolute atomic E-state index is 0.140. The van der Waals surface area contributed by atoms with Crippen molar-refractivity contribution in [3.05, 3.63) is 29.8 Å². The van der Waals surface area contributed by atoms with Gasteiger partial charge in [-0.15, -0.1) is 0 Å². The number of benzene rings is 1. The summed E-state index contributed by atoms with van der Waals surface area (Å²) in [5, 5.41) is 4.18. The molecular formula is C13H19N3OS. The fraction of sp³-hybridized carbons (Fsp3) is 0.385. The van der Waals surface area contributed by atoms with Gasteiger partial charge in [-0.05, 0) is 50.2 Å². The lowest BCUT2D eigenvalue weighted by Gasteiger charge is -2.14. The fourth-order valence-corrected chi connectivity index (χ4v) is 1.37. The number of nitrogens with two attached hydrogens (primary N) is 1. The van der Waals surface area contributed by atoms with Crippen LogP contribution in [0.1, 0.15) is 26.3 Å². The highest BCUT2D eigenvalue weighted by molar-refractivity contribution is 7.80. The van der Waals surface area contributed by atoms with Crippen LogP contribution in [-0.4, -0.2) is 16.9 Å². The van der Waals surface area contributed by atoms with Gasteiger partial charge in [-0.2, -0.15) is 5.10 Å². The number of hydrogen-bond donors (Lipinski definition) is 2. The number of hydrazone groups is 1. The van der Waals surface area contributed by atoms with Gasteiger partial charge in [0.1, 0.15) is 11.9 Å². The third-order valence-electron chi connectivity index (χ3n) is 2.58. The summed E-state index contributed by atoms with van der Waals surface area (Å²) < 4.78 is 5.75. The first-order chi connectivity index (χ1) is 8.52. The third-order valence-corrected chi connectivity index (χ3v) is 2.67. The molecule has 0 spiro atoms. The van der Waals surface area contributed by atoms with Crippen LogP contribution in [0, 0.1) is 0 Å². The Morgan fingerprint density at radius 2 is 2.06 bits per heavy atom. The van der Waals surface area contributed by atoms with Crippen molar-refractivity contribution in [3.63, 3.8) is 0 Å². The Bertz CT molecular complexity index is 428. The second-order valence-corrected chi connectivity index (χ2v) is 4.43. The molecule has 0 amide bonds. The monoisotopic (exact) mass is 265 g/mol. The molecule has 1 aromatic carbocycles. The van der Waals surface area contributed by atoms with E-state index in [2.05, 4.69) is 41.8 Å². The second-order valence-electron chi connectivity index (χ2n) is 3.99. The molecule has 1 rings (SSSR count). The lowest BCUT2D eigenvalue weighted by molar-refractivity contribution is 0.285. The lowest BCUT2D eigenvalue weighted by atomic mass is 10.2. The van der Waals surface area contributed by atoms with Gasteiger partial charge >= 0.3 is 0 Å². The largest absolute Gasteiger partial charge is 0.485 e. The maximum atomic E-state index is 5.75. The smallest absolute Gasteiger partial charge is 0.184 e. The van der Waals surface area contributed by atoms with E-state index in [0.717, 1.165) is 17.9 Å². The molecule has 0 fully saturated rings. The summed E-state index contributed by atoms with van der Waals surface area (Å²) in [5.74, 6) is 0.824. The predicted molar refractivity (Wildman–Crippen MR) is 78.9 cm³/mol. The quantitative estimate of drug-likeness (QED) is 0.487. The molecule has 5 heteroatoms. The summed E-state index contributed by atoms with van der Waals surface area (Å²) in [5.41, 5.74) is 9.91. The molecule has 0 aliphatic heterocycles. The summed E-state index contributed by atoms with van der Waals surface area (Å²) in [4.78, 5) is 0. The van der Waals surface area contributed by atoms with Gasteiger partial charge in [0.2, 0.25) is 0 Å². The molecule has 0 aliphatic carbocycles. The van der Waals surface area contributed by atoms with Crippen molar-refractivity contribution in [3.8, 4) is 5.75 Å². The Morgan fingerprint density at radius 1 is 1.44 bits per heavy atom. The Kier molecular flexibility index (Phi) is 5.58. The number of thiocarbonyl (C=S) groups is 1. The molecule has 4 nitrogen and oxygen atoms in total. The van der Waals surface area contributed by atoms with E-state index in [1.54, 1.807) is 0 Å². The highest BCUT2D eigenvalue weighted by Crippen LogP contribution is 2.14. The maximum absolute atomic E-state index is 5.75. The minimum atomic E-state index is -0.140. The Balaban J connectivity index is 2.60. The van der Waals surface area contributed by atoms with Crippen LogP contribution in [0.4, 0.5) is 0 Å². The number of aryl methyl sites for hydroxylation is 1. The first kappa shape index (κ1) is 14.4. The molecule has 0 aliphatic rings. The number of hydrogen-bond acceptors (Lipinski definition) is 3. The number of nitrogens with zero attached hydrogens (tertiary/aromatic N) is 1. The molecular weight excluding hydrogens is 246 g/mol. The van der Waals surface area contributed by atoms with Gasteiger partial charge in [-0.1, -0.05) is 19.1 Å². The Hall–Kier alpha value is -1.62. The van der Waals surface area contributed by atoms with Crippen LogP contribution < -0.4 is 15.9 Å². The third kappa shape index (κ3) is 4.71. The van der Waals surface area contributed by atoms with Gasteiger partial charge in [0.05, 0.1) is 5.71 Å². The topological polar surface area (TPSA) is 59.6 Å². The van der Waals surface area contributed by atoms with Gasteiger partial charge in [0.25, 0.3) is 0 Å². The molecule has 1 aromatic rings. The van der Waals surface area contributed by atoms with Crippen LogP contribution >= 0.6 is 12.2 Å². The standard InChI is InChI=1S/C13H19N3OS/c1-4-11-5-7-12(8-6-11)17-10(3)9(2)15-16-13(14)18/h5-8,10H,4H2,1-3H3,(H3,14,16,18)/b15-9+. The van der Waals surface area contributed by atoms with Crippen molar-refractivity contribution in [2.45, 2.75) is 33.3 Å². The summed E-state index contributed by atoms with van der Waals surface area (Å²) in [6.45, 7) is 5.90. The van der Waals surface area contributed by atoms with Crippen molar-refractivity contribution in [2.24, 2.45) is 10.8 Å². The van der Waals surface area contributed by atoms with Crippen molar-refractivity contribution in [2.75, 3.05) is 0 Å². The summed E-state index contributed by atoms with van der Waals surface area (Å²) in [6, 6.07) is 8.04. The number of rotatable bonds is 5. The van der Waals surface area contributed by atoms with E-state index in [9.17, 15) is 0 Å². The van der Waals surface area contributed by atoms with Crippen LogP contribution in [0.3, 0.4) is 0 Å². The van der Waals surface area contributed by atoms with Crippen molar-refractivity contribution in [1.82, 2.24) is 5.43 Å². The summed E-state index contributed by atoms with van der Waals surface area (Å²) >= 11 is 4.68. The normalized spacial score (nSPS) is 12.9. The van der Waals surface area contributed by atoms with Crippen LogP contribution in [0.5, 0.6) is 5.75 Å². The van der Waals surface area contributed by atoms with Crippen LogP contribution in [0.25, 0.3) is 0 Å². The lowest BCUT2D eigenvalue weighted by Crippen LogP contribution is -2.29. The highest BCUT2D eigenvalue weighted by Gasteiger charge is 2.07. The second kappa shape index (κ2) is 6.96. The van der Waals surface area contributed by atoms with E-state index in [1.165, 1.54) is 5.56 Å². The van der Waals surface area contributed by atoms with Gasteiger partial charge < -0.3 is 10.5 Å². The average Bonchev–Trinajstić information content (AvgIpc) is 2.36. The van der Waals surface area contributed by atoms with Crippen LogP contribution in [0.2, 0.25) is 0 Å². The Morgan fingerprint density at radius 3 is 2.56 bits per heavy atom. The van der Waals surface area contributed by atoms with Gasteiger partial charge in [-0.3, -0.25) is 5.43 Å². The van der Waals surface area contributed by atoms with E-state index >= 15 is 0 Å². The zero-order valence-corrected chi connectivity index (χ0v) is 11.8. The number of nitrogens with one attached hydrogen (secondary N) is 1. The van der Waals surface area contributed by atoms with Crippen molar-refractivity contribution < 1.29 is 4.74 Å². The maximum Gasteiger partial charge on any atom is 0.184 e. The van der Waals surface area contributed by atoms with E-state index in [-0.39, 0.29) is 11.2 Å². The van der Waals surface area contributed by atoms with E-state index in [4.69, 9.17) is 10.5 Å². The van der Waals surface area contributed by atoms with Crippen molar-refractivity contribution in [1.29, 1.82) is 0 Å². The van der Waals surface area contributed by atoms with Crippen molar-refractivity contribution >= 4 is 23.0 Å².